The van der Waals surface area contributed by atoms with Gasteiger partial charge in [0.25, 0.3) is 5.91 Å². The number of pyridine rings is 1. The maximum atomic E-state index is 14.7. The van der Waals surface area contributed by atoms with Crippen LogP contribution in [0.4, 0.5) is 10.2 Å². The molecule has 3 aromatic rings. The number of halogens is 2. The van der Waals surface area contributed by atoms with Gasteiger partial charge in [0.2, 0.25) is 0 Å². The summed E-state index contributed by atoms with van der Waals surface area (Å²) in [6, 6.07) is 13.4. The minimum Gasteiger partial charge on any atom is -0.422 e. The highest BCUT2D eigenvalue weighted by atomic mass is 79.9. The van der Waals surface area contributed by atoms with Crippen molar-refractivity contribution in [1.82, 2.24) is 9.88 Å². The van der Waals surface area contributed by atoms with Crippen LogP contribution in [-0.2, 0) is 4.74 Å². The van der Waals surface area contributed by atoms with Gasteiger partial charge in [-0.1, -0.05) is 22.0 Å². The van der Waals surface area contributed by atoms with Crippen LogP contribution in [0.3, 0.4) is 0 Å². The minimum atomic E-state index is -0.611. The number of aryl methyl sites for hydroxylation is 1. The third-order valence-corrected chi connectivity index (χ3v) is 7.13. The van der Waals surface area contributed by atoms with Gasteiger partial charge in [-0.05, 0) is 60.5 Å². The zero-order chi connectivity index (χ0) is 25.4. The number of carbonyl (C=O) groups excluding carboxylic acids is 2. The Kier molecular flexibility index (Phi) is 6.29. The molecule has 0 radical (unpaired) electrons. The monoisotopic (exact) mass is 546 g/mol. The Balaban J connectivity index is 1.34. The standard InChI is InChI=1S/C27H20BrFN4O3/c1-16-10-20-19(13-22(16)28)24(36-27(20)35)12-17-2-4-23(29)21(11-17)26(34)33-8-6-32(7-9-33)25-5-3-18(14-30)15-31-25/h2-5,10-13,15H,6-9H2,1H3. The lowest BCUT2D eigenvalue weighted by atomic mass is 10.0. The molecule has 5 rings (SSSR count). The summed E-state index contributed by atoms with van der Waals surface area (Å²) in [5.74, 6) is -0.374. The second-order valence-corrected chi connectivity index (χ2v) is 9.43. The maximum Gasteiger partial charge on any atom is 0.344 e. The van der Waals surface area contributed by atoms with Crippen molar-refractivity contribution in [2.24, 2.45) is 0 Å². The van der Waals surface area contributed by atoms with E-state index in [1.54, 1.807) is 35.2 Å². The quantitative estimate of drug-likeness (QED) is 0.439. The third kappa shape index (κ3) is 4.48. The molecule has 0 N–H and O–H groups in total. The number of piperazine rings is 1. The average Bonchev–Trinajstić information content (AvgIpc) is 3.18. The molecule has 7 nitrogen and oxygen atoms in total. The van der Waals surface area contributed by atoms with Crippen molar-refractivity contribution in [2.45, 2.75) is 6.92 Å². The van der Waals surface area contributed by atoms with E-state index in [9.17, 15) is 14.0 Å². The number of benzene rings is 2. The molecule has 0 aliphatic carbocycles. The smallest absolute Gasteiger partial charge is 0.344 e. The van der Waals surface area contributed by atoms with Gasteiger partial charge in [-0.2, -0.15) is 5.26 Å². The number of aromatic nitrogens is 1. The minimum absolute atomic E-state index is 0.0380. The summed E-state index contributed by atoms with van der Waals surface area (Å²) in [5.41, 5.74) is 3.02. The largest absolute Gasteiger partial charge is 0.422 e. The van der Waals surface area contributed by atoms with E-state index >= 15 is 0 Å². The highest BCUT2D eigenvalue weighted by Crippen LogP contribution is 2.35. The van der Waals surface area contributed by atoms with Crippen LogP contribution in [0.1, 0.15) is 43.0 Å². The van der Waals surface area contributed by atoms with Crippen molar-refractivity contribution in [2.75, 3.05) is 31.1 Å². The van der Waals surface area contributed by atoms with Crippen molar-refractivity contribution >= 4 is 45.5 Å². The molecule has 2 aliphatic heterocycles. The van der Waals surface area contributed by atoms with E-state index in [0.717, 1.165) is 15.9 Å². The SMILES string of the molecule is Cc1cc2c(cc1Br)C(=Cc1ccc(F)c(C(=O)N3CCN(c4ccc(C#N)cn4)CC3)c1)OC2=O. The summed E-state index contributed by atoms with van der Waals surface area (Å²) in [5, 5.41) is 8.93. The molecule has 3 heterocycles. The van der Waals surface area contributed by atoms with Gasteiger partial charge >= 0.3 is 5.97 Å². The number of nitriles is 1. The van der Waals surface area contributed by atoms with Gasteiger partial charge < -0.3 is 14.5 Å². The Bertz CT molecular complexity index is 1460. The maximum absolute atomic E-state index is 14.7. The van der Waals surface area contributed by atoms with Crippen LogP contribution in [0, 0.1) is 24.1 Å². The average molecular weight is 547 g/mol. The van der Waals surface area contributed by atoms with E-state index in [4.69, 9.17) is 10.00 Å². The summed E-state index contributed by atoms with van der Waals surface area (Å²) in [4.78, 5) is 33.4. The van der Waals surface area contributed by atoms with Crippen molar-refractivity contribution in [3.8, 4) is 6.07 Å². The first-order valence-electron chi connectivity index (χ1n) is 11.3. The fourth-order valence-electron chi connectivity index (χ4n) is 4.27. The van der Waals surface area contributed by atoms with Gasteiger partial charge in [-0.15, -0.1) is 0 Å². The second kappa shape index (κ2) is 9.55. The number of fused-ring (bicyclic) bond motifs is 1. The van der Waals surface area contributed by atoms with Gasteiger partial charge in [-0.3, -0.25) is 4.79 Å². The van der Waals surface area contributed by atoms with Crippen LogP contribution in [0.25, 0.3) is 11.8 Å². The molecule has 0 unspecified atom stereocenters. The van der Waals surface area contributed by atoms with Crippen LogP contribution in [-0.4, -0.2) is 47.9 Å². The topological polar surface area (TPSA) is 86.5 Å². The number of cyclic esters (lactones) is 1. The lowest BCUT2D eigenvalue weighted by Crippen LogP contribution is -2.49. The Morgan fingerprint density at radius 1 is 1.14 bits per heavy atom. The van der Waals surface area contributed by atoms with Crippen LogP contribution < -0.4 is 4.90 Å². The van der Waals surface area contributed by atoms with E-state index in [-0.39, 0.29) is 5.56 Å². The molecule has 2 aliphatic rings. The van der Waals surface area contributed by atoms with Crippen molar-refractivity contribution < 1.29 is 18.7 Å². The number of esters is 1. The first kappa shape index (κ1) is 23.7. The molecular formula is C27H20BrFN4O3. The lowest BCUT2D eigenvalue weighted by molar-refractivity contribution is 0.0714. The molecule has 2 aromatic carbocycles. The molecule has 0 bridgehead atoms. The number of ether oxygens (including phenoxy) is 1. The zero-order valence-electron chi connectivity index (χ0n) is 19.3. The summed E-state index contributed by atoms with van der Waals surface area (Å²) in [6.45, 7) is 3.78. The number of hydrogen-bond acceptors (Lipinski definition) is 6. The van der Waals surface area contributed by atoms with Crippen molar-refractivity contribution in [1.29, 1.82) is 5.26 Å². The number of anilines is 1. The molecule has 0 atom stereocenters. The lowest BCUT2D eigenvalue weighted by Gasteiger charge is -2.35. The Labute approximate surface area is 215 Å². The molecule has 1 saturated heterocycles. The van der Waals surface area contributed by atoms with E-state index < -0.39 is 17.7 Å². The van der Waals surface area contributed by atoms with Crippen molar-refractivity contribution in [3.05, 3.63) is 92.3 Å². The fourth-order valence-corrected chi connectivity index (χ4v) is 4.61. The molecule has 9 heteroatoms. The number of carbonyl (C=O) groups is 2. The van der Waals surface area contributed by atoms with E-state index in [1.165, 1.54) is 18.3 Å². The molecule has 36 heavy (non-hydrogen) atoms. The normalized spacial score (nSPS) is 16.1. The zero-order valence-corrected chi connectivity index (χ0v) is 20.9. The Morgan fingerprint density at radius 2 is 1.92 bits per heavy atom. The molecule has 1 fully saturated rings. The number of hydrogen-bond donors (Lipinski definition) is 0. The summed E-state index contributed by atoms with van der Waals surface area (Å²) in [7, 11) is 0. The molecule has 1 aromatic heterocycles. The third-order valence-electron chi connectivity index (χ3n) is 6.27. The number of nitrogens with zero attached hydrogens (tertiary/aromatic N) is 4. The summed E-state index contributed by atoms with van der Waals surface area (Å²) < 4.78 is 21.0. The van der Waals surface area contributed by atoms with E-state index in [1.807, 2.05) is 24.0 Å². The van der Waals surface area contributed by atoms with Crippen LogP contribution >= 0.6 is 15.9 Å². The number of amides is 1. The summed E-state index contributed by atoms with van der Waals surface area (Å²) >= 11 is 3.48. The molecular weight excluding hydrogens is 527 g/mol. The molecule has 1 amide bonds. The predicted octanol–water partition coefficient (Wildman–Crippen LogP) is 4.79. The first-order chi connectivity index (χ1) is 17.3. The summed E-state index contributed by atoms with van der Waals surface area (Å²) in [6.07, 6.45) is 3.15. The van der Waals surface area contributed by atoms with Gasteiger partial charge in [0.15, 0.2) is 0 Å². The molecule has 0 spiro atoms. The Morgan fingerprint density at radius 3 is 2.61 bits per heavy atom. The predicted molar refractivity (Wildman–Crippen MR) is 136 cm³/mol. The van der Waals surface area contributed by atoms with Gasteiger partial charge in [0.1, 0.15) is 23.5 Å². The highest BCUT2D eigenvalue weighted by molar-refractivity contribution is 9.10. The Hall–Kier alpha value is -4.03. The van der Waals surface area contributed by atoms with Gasteiger partial charge in [0.05, 0.1) is 16.7 Å². The fraction of sp³-hybridized carbons (Fsp3) is 0.185. The van der Waals surface area contributed by atoms with Crippen LogP contribution in [0.15, 0.2) is 53.1 Å². The van der Waals surface area contributed by atoms with E-state index in [2.05, 4.69) is 20.9 Å². The first-order valence-corrected chi connectivity index (χ1v) is 12.1. The second-order valence-electron chi connectivity index (χ2n) is 8.58. The van der Waals surface area contributed by atoms with E-state index in [0.29, 0.717) is 54.2 Å². The van der Waals surface area contributed by atoms with Crippen LogP contribution in [0.2, 0.25) is 0 Å². The number of rotatable bonds is 3. The molecule has 180 valence electrons. The van der Waals surface area contributed by atoms with Crippen molar-refractivity contribution in [3.63, 3.8) is 0 Å². The van der Waals surface area contributed by atoms with Crippen LogP contribution in [0.5, 0.6) is 0 Å². The highest BCUT2D eigenvalue weighted by Gasteiger charge is 2.28. The van der Waals surface area contributed by atoms with Gasteiger partial charge in [0, 0.05) is 42.4 Å². The molecule has 0 saturated carbocycles. The van der Waals surface area contributed by atoms with Gasteiger partial charge in [-0.25, -0.2) is 14.2 Å².